The number of carboxylic acid groups (broad SMARTS) is 1. The molecule has 2 unspecified atom stereocenters. The zero-order valence-corrected chi connectivity index (χ0v) is 20.1. The Morgan fingerprint density at radius 1 is 1.20 bits per heavy atom. The van der Waals surface area contributed by atoms with Crippen molar-refractivity contribution < 1.29 is 19.4 Å². The number of aromatic nitrogens is 6. The van der Waals surface area contributed by atoms with Gasteiger partial charge in [0.25, 0.3) is 0 Å². The Balaban J connectivity index is 1.31. The molecule has 2 fully saturated rings. The number of carboxylic acids is 1. The minimum absolute atomic E-state index is 0.0130. The van der Waals surface area contributed by atoms with Crippen LogP contribution in [0.5, 0.6) is 6.01 Å². The van der Waals surface area contributed by atoms with Crippen molar-refractivity contribution in [3.05, 3.63) is 47.0 Å². The van der Waals surface area contributed by atoms with E-state index in [1.165, 1.54) is 19.3 Å². The van der Waals surface area contributed by atoms with Crippen LogP contribution >= 0.6 is 0 Å². The van der Waals surface area contributed by atoms with Gasteiger partial charge in [-0.15, -0.1) is 5.10 Å². The van der Waals surface area contributed by atoms with E-state index in [1.54, 1.807) is 10.9 Å². The monoisotopic (exact) mass is 478 g/mol. The highest BCUT2D eigenvalue weighted by Crippen LogP contribution is 2.36. The minimum atomic E-state index is -0.790. The first-order chi connectivity index (χ1) is 17.0. The van der Waals surface area contributed by atoms with Crippen molar-refractivity contribution in [1.82, 2.24) is 29.9 Å². The quantitative estimate of drug-likeness (QED) is 0.518. The number of hydrogen-bond acceptors (Lipinski definition) is 8. The number of aryl methyl sites for hydroxylation is 2. The first kappa shape index (κ1) is 23.3. The lowest BCUT2D eigenvalue weighted by atomic mass is 9.83. The lowest BCUT2D eigenvalue weighted by Gasteiger charge is -2.29. The van der Waals surface area contributed by atoms with Crippen molar-refractivity contribution in [1.29, 1.82) is 0 Å². The van der Waals surface area contributed by atoms with Gasteiger partial charge >= 0.3 is 12.0 Å². The van der Waals surface area contributed by atoms with E-state index in [0.29, 0.717) is 36.5 Å². The predicted octanol–water partition coefficient (Wildman–Crippen LogP) is 3.42. The Hall–Kier alpha value is -3.40. The fourth-order valence-corrected chi connectivity index (χ4v) is 4.88. The van der Waals surface area contributed by atoms with Crippen LogP contribution in [0.3, 0.4) is 0 Å². The van der Waals surface area contributed by atoms with Gasteiger partial charge in [-0.05, 0) is 49.8 Å². The Bertz CT molecular complexity index is 1210. The largest absolute Gasteiger partial charge is 0.481 e. The van der Waals surface area contributed by atoms with E-state index >= 15 is 0 Å². The second-order valence-electron chi connectivity index (χ2n) is 9.49. The van der Waals surface area contributed by atoms with E-state index < -0.39 is 5.97 Å². The highest BCUT2D eigenvalue weighted by Gasteiger charge is 2.27. The fourth-order valence-electron chi connectivity index (χ4n) is 4.88. The smallest absolute Gasteiger partial charge is 0.316 e. The van der Waals surface area contributed by atoms with Gasteiger partial charge in [0.15, 0.2) is 0 Å². The summed E-state index contributed by atoms with van der Waals surface area (Å²) in [4.78, 5) is 24.8. The van der Waals surface area contributed by atoms with Gasteiger partial charge in [0.05, 0.1) is 24.4 Å². The third-order valence-electron chi connectivity index (χ3n) is 7.02. The van der Waals surface area contributed by atoms with E-state index in [2.05, 4.69) is 20.3 Å². The molecule has 1 saturated heterocycles. The molecule has 4 heterocycles. The maximum atomic E-state index is 11.1. The number of pyridine rings is 1. The summed E-state index contributed by atoms with van der Waals surface area (Å²) in [5.41, 5.74) is 5.13. The van der Waals surface area contributed by atoms with Gasteiger partial charge in [0.2, 0.25) is 0 Å². The third-order valence-corrected chi connectivity index (χ3v) is 7.02. The Morgan fingerprint density at radius 3 is 2.80 bits per heavy atom. The average molecular weight is 479 g/mol. The van der Waals surface area contributed by atoms with E-state index in [4.69, 9.17) is 19.6 Å². The molecule has 0 aromatic carbocycles. The maximum Gasteiger partial charge on any atom is 0.316 e. The van der Waals surface area contributed by atoms with Gasteiger partial charge in [-0.25, -0.2) is 9.67 Å². The molecule has 3 aromatic rings. The minimum Gasteiger partial charge on any atom is -0.481 e. The van der Waals surface area contributed by atoms with Crippen molar-refractivity contribution in [3.8, 4) is 17.4 Å². The molecule has 2 atom stereocenters. The summed E-state index contributed by atoms with van der Waals surface area (Å²) in [6.07, 6.45) is 6.23. The Kier molecular flexibility index (Phi) is 6.72. The van der Waals surface area contributed by atoms with Gasteiger partial charge in [-0.3, -0.25) is 9.78 Å². The van der Waals surface area contributed by atoms with Crippen LogP contribution in [-0.4, -0.2) is 54.2 Å². The zero-order valence-electron chi connectivity index (χ0n) is 20.1. The Labute approximate surface area is 203 Å². The van der Waals surface area contributed by atoms with Crippen molar-refractivity contribution in [2.45, 2.75) is 57.5 Å². The highest BCUT2D eigenvalue weighted by molar-refractivity contribution is 5.67. The summed E-state index contributed by atoms with van der Waals surface area (Å²) in [5, 5.41) is 17.7. The Morgan fingerprint density at radius 2 is 2.06 bits per heavy atom. The van der Waals surface area contributed by atoms with Crippen LogP contribution in [0.1, 0.15) is 66.6 Å². The summed E-state index contributed by atoms with van der Waals surface area (Å²) in [7, 11) is 1.82. The topological polar surface area (TPSA) is 125 Å². The number of ether oxygens (including phenoxy) is 2. The van der Waals surface area contributed by atoms with E-state index in [-0.39, 0.29) is 24.9 Å². The van der Waals surface area contributed by atoms with Gasteiger partial charge in [0.1, 0.15) is 18.0 Å². The van der Waals surface area contributed by atoms with Crippen LogP contribution in [0.4, 0.5) is 0 Å². The number of aliphatic carboxylic acids is 1. The van der Waals surface area contributed by atoms with E-state index in [9.17, 15) is 4.79 Å². The molecule has 1 N–H and O–H groups in total. The number of hydrogen-bond donors (Lipinski definition) is 1. The summed E-state index contributed by atoms with van der Waals surface area (Å²) >= 11 is 0. The van der Waals surface area contributed by atoms with Crippen LogP contribution in [0.25, 0.3) is 11.4 Å². The number of carbonyl (C=O) groups is 1. The van der Waals surface area contributed by atoms with E-state index in [0.717, 1.165) is 29.1 Å². The summed E-state index contributed by atoms with van der Waals surface area (Å²) in [5.74, 6) is -0.144. The second kappa shape index (κ2) is 10.1. The van der Waals surface area contributed by atoms with Crippen molar-refractivity contribution in [2.24, 2.45) is 13.0 Å². The van der Waals surface area contributed by atoms with Crippen molar-refractivity contribution >= 4 is 5.97 Å². The maximum absolute atomic E-state index is 11.1. The first-order valence-corrected chi connectivity index (χ1v) is 12.1. The lowest BCUT2D eigenvalue weighted by molar-refractivity contribution is -0.139. The number of rotatable bonds is 8. The van der Waals surface area contributed by atoms with Gasteiger partial charge in [0, 0.05) is 37.4 Å². The van der Waals surface area contributed by atoms with Crippen LogP contribution in [-0.2, 0) is 23.2 Å². The van der Waals surface area contributed by atoms with E-state index in [1.807, 2.05) is 32.2 Å². The molecular formula is C25H30N6O4. The molecule has 184 valence electrons. The molecule has 0 bridgehead atoms. The average Bonchev–Trinajstić information content (AvgIpc) is 3.17. The molecule has 1 aliphatic heterocycles. The van der Waals surface area contributed by atoms with Crippen LogP contribution in [0, 0.1) is 12.8 Å². The van der Waals surface area contributed by atoms with Crippen LogP contribution in [0.2, 0.25) is 0 Å². The summed E-state index contributed by atoms with van der Waals surface area (Å²) in [6, 6.07) is 6.29. The fraction of sp³-hybridized carbons (Fsp3) is 0.520. The lowest BCUT2D eigenvalue weighted by Crippen LogP contribution is -2.26. The number of nitrogens with zero attached hydrogens (tertiary/aromatic N) is 6. The zero-order chi connectivity index (χ0) is 24.4. The third kappa shape index (κ3) is 5.17. The molecule has 3 aromatic heterocycles. The molecule has 5 rings (SSSR count). The normalized spacial score (nSPS) is 20.4. The second-order valence-corrected chi connectivity index (χ2v) is 9.49. The molecule has 0 radical (unpaired) electrons. The molecule has 2 aliphatic rings. The molecule has 1 aliphatic carbocycles. The van der Waals surface area contributed by atoms with Crippen molar-refractivity contribution in [3.63, 3.8) is 0 Å². The van der Waals surface area contributed by atoms with Gasteiger partial charge < -0.3 is 14.6 Å². The molecule has 1 saturated carbocycles. The van der Waals surface area contributed by atoms with Gasteiger partial charge in [-0.2, -0.15) is 4.98 Å². The SMILES string of the molecule is Cc1nc(-c2nnn(C)c2COc2nccc(C3CCC3)n2)ccc1C1COCC(CC(=O)O)C1. The first-order valence-electron chi connectivity index (χ1n) is 12.1. The summed E-state index contributed by atoms with van der Waals surface area (Å²) in [6.45, 7) is 3.25. The molecule has 0 spiro atoms. The molecule has 10 nitrogen and oxygen atoms in total. The van der Waals surface area contributed by atoms with Crippen LogP contribution in [0.15, 0.2) is 24.4 Å². The van der Waals surface area contributed by atoms with Gasteiger partial charge in [-0.1, -0.05) is 17.7 Å². The van der Waals surface area contributed by atoms with Crippen molar-refractivity contribution in [2.75, 3.05) is 13.2 Å². The summed E-state index contributed by atoms with van der Waals surface area (Å²) < 4.78 is 13.3. The molecular weight excluding hydrogens is 448 g/mol. The molecule has 35 heavy (non-hydrogen) atoms. The molecule has 10 heteroatoms. The standard InChI is InChI=1S/C25H30N6O4/c1-15-19(18-10-16(11-23(32)33)12-34-13-18)6-7-21(27-15)24-22(31(2)30-29-24)14-35-25-26-9-8-20(28-25)17-4-3-5-17/h6-9,16-18H,3-5,10-14H2,1-2H3,(H,32,33). The highest BCUT2D eigenvalue weighted by atomic mass is 16.5. The molecule has 0 amide bonds. The van der Waals surface area contributed by atoms with Crippen LogP contribution < -0.4 is 4.74 Å². The predicted molar refractivity (Wildman–Crippen MR) is 126 cm³/mol.